The number of nitrogens with one attached hydrogen (secondary N) is 1. The normalized spacial score (nSPS) is 10.3. The number of hydrogen-bond donors (Lipinski definition) is 1. The predicted octanol–water partition coefficient (Wildman–Crippen LogP) is 3.67. The second-order valence-electron chi connectivity index (χ2n) is 5.69. The van der Waals surface area contributed by atoms with E-state index in [1.54, 1.807) is 26.4 Å². The van der Waals surface area contributed by atoms with Crippen molar-refractivity contribution >= 4 is 17.5 Å². The maximum Gasteiger partial charge on any atom is 0.258 e. The molecule has 0 unspecified atom stereocenters. The standard InChI is InChI=1S/C19H22ClNO4/c1-12-5-13(2)7-15(6-12)25-11-19(22)21-10-14-8-17(23-3)18(24-4)9-16(14)20/h5-9H,10-11H2,1-4H3,(H,21,22). The molecule has 25 heavy (non-hydrogen) atoms. The number of carbonyl (C=O) groups excluding carboxylic acids is 1. The van der Waals surface area contributed by atoms with Gasteiger partial charge >= 0.3 is 0 Å². The van der Waals surface area contributed by atoms with Crippen LogP contribution in [-0.2, 0) is 11.3 Å². The van der Waals surface area contributed by atoms with Gasteiger partial charge in [0.05, 0.1) is 14.2 Å². The fourth-order valence-electron chi connectivity index (χ4n) is 2.44. The highest BCUT2D eigenvalue weighted by Crippen LogP contribution is 2.32. The van der Waals surface area contributed by atoms with Crippen LogP contribution in [0.5, 0.6) is 17.2 Å². The van der Waals surface area contributed by atoms with Gasteiger partial charge in [0, 0.05) is 17.6 Å². The second kappa shape index (κ2) is 8.62. The van der Waals surface area contributed by atoms with Gasteiger partial charge in [-0.3, -0.25) is 4.79 Å². The molecule has 0 fully saturated rings. The van der Waals surface area contributed by atoms with Gasteiger partial charge in [0.1, 0.15) is 5.75 Å². The summed E-state index contributed by atoms with van der Waals surface area (Å²) >= 11 is 6.21. The Morgan fingerprint density at radius 1 is 1.00 bits per heavy atom. The number of aryl methyl sites for hydroxylation is 2. The van der Waals surface area contributed by atoms with E-state index in [9.17, 15) is 4.79 Å². The Kier molecular flexibility index (Phi) is 6.53. The lowest BCUT2D eigenvalue weighted by atomic mass is 10.1. The van der Waals surface area contributed by atoms with Crippen LogP contribution in [0.15, 0.2) is 30.3 Å². The summed E-state index contributed by atoms with van der Waals surface area (Å²) in [5, 5.41) is 3.28. The Morgan fingerprint density at radius 3 is 2.20 bits per heavy atom. The number of benzene rings is 2. The minimum Gasteiger partial charge on any atom is -0.493 e. The summed E-state index contributed by atoms with van der Waals surface area (Å²) in [5.74, 6) is 1.55. The zero-order valence-corrected chi connectivity index (χ0v) is 15.6. The molecule has 2 rings (SSSR count). The first-order valence-electron chi connectivity index (χ1n) is 7.81. The summed E-state index contributed by atoms with van der Waals surface area (Å²) in [5.41, 5.74) is 2.92. The van der Waals surface area contributed by atoms with Crippen molar-refractivity contribution in [2.45, 2.75) is 20.4 Å². The zero-order valence-electron chi connectivity index (χ0n) is 14.8. The molecule has 134 valence electrons. The van der Waals surface area contributed by atoms with E-state index in [2.05, 4.69) is 5.32 Å². The van der Waals surface area contributed by atoms with Crippen LogP contribution in [0.25, 0.3) is 0 Å². The molecular weight excluding hydrogens is 342 g/mol. The fraction of sp³-hybridized carbons (Fsp3) is 0.316. The van der Waals surface area contributed by atoms with Crippen molar-refractivity contribution in [1.29, 1.82) is 0 Å². The van der Waals surface area contributed by atoms with E-state index in [4.69, 9.17) is 25.8 Å². The molecule has 0 radical (unpaired) electrons. The molecule has 0 aliphatic rings. The molecule has 2 aromatic rings. The molecule has 0 saturated heterocycles. The average molecular weight is 364 g/mol. The predicted molar refractivity (Wildman–Crippen MR) is 97.8 cm³/mol. The summed E-state index contributed by atoms with van der Waals surface area (Å²) in [6, 6.07) is 9.24. The molecule has 6 heteroatoms. The van der Waals surface area contributed by atoms with Gasteiger partial charge in [-0.05, 0) is 48.7 Å². The molecule has 0 spiro atoms. The van der Waals surface area contributed by atoms with Crippen molar-refractivity contribution in [1.82, 2.24) is 5.32 Å². The van der Waals surface area contributed by atoms with E-state index >= 15 is 0 Å². The van der Waals surface area contributed by atoms with Crippen LogP contribution in [0.3, 0.4) is 0 Å². The number of carbonyl (C=O) groups is 1. The van der Waals surface area contributed by atoms with Gasteiger partial charge in [-0.25, -0.2) is 0 Å². The van der Waals surface area contributed by atoms with Crippen LogP contribution in [-0.4, -0.2) is 26.7 Å². The van der Waals surface area contributed by atoms with Gasteiger partial charge in [0.2, 0.25) is 0 Å². The molecule has 2 aromatic carbocycles. The Hall–Kier alpha value is -2.40. The minimum absolute atomic E-state index is 0.0617. The zero-order chi connectivity index (χ0) is 18.4. The number of amides is 1. The number of methoxy groups -OCH3 is 2. The summed E-state index contributed by atoms with van der Waals surface area (Å²) in [6.45, 7) is 4.18. The third-order valence-electron chi connectivity index (χ3n) is 3.59. The number of halogens is 1. The first-order chi connectivity index (χ1) is 11.9. The summed E-state index contributed by atoms with van der Waals surface area (Å²) in [4.78, 5) is 12.0. The topological polar surface area (TPSA) is 56.8 Å². The highest BCUT2D eigenvalue weighted by molar-refractivity contribution is 6.31. The van der Waals surface area contributed by atoms with Gasteiger partial charge in [-0.1, -0.05) is 17.7 Å². The number of hydrogen-bond acceptors (Lipinski definition) is 4. The van der Waals surface area contributed by atoms with E-state index in [-0.39, 0.29) is 19.1 Å². The Balaban J connectivity index is 1.93. The van der Waals surface area contributed by atoms with Crippen LogP contribution in [0, 0.1) is 13.8 Å². The molecule has 0 saturated carbocycles. The molecule has 1 N–H and O–H groups in total. The van der Waals surface area contributed by atoms with Gasteiger partial charge in [-0.15, -0.1) is 0 Å². The van der Waals surface area contributed by atoms with Crippen molar-refractivity contribution in [2.75, 3.05) is 20.8 Å². The first kappa shape index (κ1) is 18.9. The molecule has 5 nitrogen and oxygen atoms in total. The Bertz CT molecular complexity index is 741. The van der Waals surface area contributed by atoms with Gasteiger partial charge in [-0.2, -0.15) is 0 Å². The highest BCUT2D eigenvalue weighted by Gasteiger charge is 2.11. The van der Waals surface area contributed by atoms with Gasteiger partial charge in [0.25, 0.3) is 5.91 Å². The van der Waals surface area contributed by atoms with E-state index in [0.717, 1.165) is 16.7 Å². The smallest absolute Gasteiger partial charge is 0.258 e. The molecule has 0 aromatic heterocycles. The third kappa shape index (κ3) is 5.29. The molecular formula is C19H22ClNO4. The Labute approximate surface area is 152 Å². The van der Waals surface area contributed by atoms with Crippen LogP contribution < -0.4 is 19.5 Å². The maximum absolute atomic E-state index is 12.0. The van der Waals surface area contributed by atoms with E-state index < -0.39 is 0 Å². The van der Waals surface area contributed by atoms with Gasteiger partial charge < -0.3 is 19.5 Å². The SMILES string of the molecule is COc1cc(Cl)c(CNC(=O)COc2cc(C)cc(C)c2)cc1OC. The van der Waals surface area contributed by atoms with Crippen LogP contribution in [0.4, 0.5) is 0 Å². The lowest BCUT2D eigenvalue weighted by molar-refractivity contribution is -0.123. The Morgan fingerprint density at radius 2 is 1.60 bits per heavy atom. The van der Waals surface area contributed by atoms with Crippen molar-refractivity contribution in [3.8, 4) is 17.2 Å². The van der Waals surface area contributed by atoms with Gasteiger partial charge in [0.15, 0.2) is 18.1 Å². The fourth-order valence-corrected chi connectivity index (χ4v) is 2.66. The first-order valence-corrected chi connectivity index (χ1v) is 8.19. The quantitative estimate of drug-likeness (QED) is 0.815. The monoisotopic (exact) mass is 363 g/mol. The molecule has 0 aliphatic carbocycles. The highest BCUT2D eigenvalue weighted by atomic mass is 35.5. The summed E-state index contributed by atoms with van der Waals surface area (Å²) in [7, 11) is 3.09. The largest absolute Gasteiger partial charge is 0.493 e. The molecule has 0 bridgehead atoms. The number of ether oxygens (including phenoxy) is 3. The maximum atomic E-state index is 12.0. The van der Waals surface area contributed by atoms with Crippen LogP contribution >= 0.6 is 11.6 Å². The number of rotatable bonds is 7. The molecule has 1 amide bonds. The lowest BCUT2D eigenvalue weighted by Crippen LogP contribution is -2.28. The van der Waals surface area contributed by atoms with Crippen LogP contribution in [0.2, 0.25) is 5.02 Å². The van der Waals surface area contributed by atoms with Crippen molar-refractivity contribution < 1.29 is 19.0 Å². The summed E-state index contributed by atoms with van der Waals surface area (Å²) in [6.07, 6.45) is 0. The molecule has 0 aliphatic heterocycles. The minimum atomic E-state index is -0.231. The van der Waals surface area contributed by atoms with E-state index in [1.165, 1.54) is 0 Å². The molecule has 0 atom stereocenters. The summed E-state index contributed by atoms with van der Waals surface area (Å²) < 4.78 is 16.0. The van der Waals surface area contributed by atoms with Crippen molar-refractivity contribution in [3.63, 3.8) is 0 Å². The second-order valence-corrected chi connectivity index (χ2v) is 6.09. The van der Waals surface area contributed by atoms with Crippen LogP contribution in [0.1, 0.15) is 16.7 Å². The lowest BCUT2D eigenvalue weighted by Gasteiger charge is -2.13. The average Bonchev–Trinajstić information content (AvgIpc) is 2.57. The van der Waals surface area contributed by atoms with E-state index in [0.29, 0.717) is 22.3 Å². The van der Waals surface area contributed by atoms with Crippen molar-refractivity contribution in [3.05, 3.63) is 52.0 Å². The van der Waals surface area contributed by atoms with Crippen molar-refractivity contribution in [2.24, 2.45) is 0 Å². The third-order valence-corrected chi connectivity index (χ3v) is 3.95. The molecule has 0 heterocycles. The van der Waals surface area contributed by atoms with E-state index in [1.807, 2.05) is 32.0 Å².